The Hall–Kier alpha value is -8.02. The maximum Gasteiger partial charge on any atom is 0.213 e. The summed E-state index contributed by atoms with van der Waals surface area (Å²) in [6.07, 6.45) is 0. The van der Waals surface area contributed by atoms with Gasteiger partial charge in [-0.1, -0.05) is 194 Å². The molecule has 4 heteroatoms. The molecule has 66 heavy (non-hydrogen) atoms. The number of nitrogens with zero attached hydrogens (tertiary/aromatic N) is 1. The van der Waals surface area contributed by atoms with Crippen molar-refractivity contribution in [2.75, 3.05) is 0 Å². The molecule has 310 valence electrons. The van der Waals surface area contributed by atoms with Crippen LogP contribution in [0.25, 0.3) is 92.2 Å². The number of rotatable bonds is 8. The van der Waals surface area contributed by atoms with E-state index in [2.05, 4.69) is 253 Å². The highest BCUT2D eigenvalue weighted by Crippen LogP contribution is 2.43. The molecular weight excluding hydrogens is 835 g/mol. The molecule has 0 saturated heterocycles. The molecule has 0 amide bonds. The van der Waals surface area contributed by atoms with Gasteiger partial charge in [0.15, 0.2) is 8.07 Å². The fraction of sp³-hybridized carbons (Fsp3) is 0. The number of hydrogen-bond acceptors (Lipinski definition) is 2. The van der Waals surface area contributed by atoms with Crippen LogP contribution in [-0.4, -0.2) is 12.6 Å². The largest absolute Gasteiger partial charge is 0.439 e. The summed E-state index contributed by atoms with van der Waals surface area (Å²) in [5.41, 5.74) is 11.2. The first kappa shape index (κ1) is 38.4. The number of fused-ring (bicyclic) bond motifs is 8. The zero-order valence-corrected chi connectivity index (χ0v) is 37.8. The van der Waals surface area contributed by atoms with Crippen molar-refractivity contribution in [2.45, 2.75) is 0 Å². The minimum absolute atomic E-state index is 0.869. The Balaban J connectivity index is 0.918. The minimum atomic E-state index is -2.68. The van der Waals surface area contributed by atoms with Crippen LogP contribution in [0.4, 0.5) is 0 Å². The fourth-order valence-corrected chi connectivity index (χ4v) is 16.4. The van der Waals surface area contributed by atoms with Gasteiger partial charge in [-0.05, 0) is 109 Å². The van der Waals surface area contributed by atoms with Crippen molar-refractivity contribution < 1.29 is 4.42 Å². The maximum absolute atomic E-state index is 6.78. The third kappa shape index (κ3) is 6.14. The Bertz CT molecular complexity index is 3830. The molecule has 0 unspecified atom stereocenters. The lowest BCUT2D eigenvalue weighted by atomic mass is 9.98. The fourth-order valence-electron chi connectivity index (χ4n) is 10.5. The predicted molar refractivity (Wildman–Crippen MR) is 283 cm³/mol. The average Bonchev–Trinajstić information content (AvgIpc) is 4.06. The predicted octanol–water partition coefficient (Wildman–Crippen LogP) is 14.3. The van der Waals surface area contributed by atoms with Crippen LogP contribution in [0.5, 0.6) is 0 Å². The van der Waals surface area contributed by atoms with Gasteiger partial charge in [-0.15, -0.1) is 11.3 Å². The monoisotopic (exact) mass is 875 g/mol. The summed E-state index contributed by atoms with van der Waals surface area (Å²) in [7, 11) is -2.68. The Morgan fingerprint density at radius 2 is 0.818 bits per heavy atom. The maximum atomic E-state index is 6.78. The van der Waals surface area contributed by atoms with Gasteiger partial charge in [0.25, 0.3) is 0 Å². The van der Waals surface area contributed by atoms with E-state index in [0.717, 1.165) is 33.3 Å². The highest BCUT2D eigenvalue weighted by Gasteiger charge is 2.41. The second-order valence-corrected chi connectivity index (χ2v) is 22.1. The molecule has 0 radical (unpaired) electrons. The van der Waals surface area contributed by atoms with Crippen molar-refractivity contribution in [1.29, 1.82) is 0 Å². The van der Waals surface area contributed by atoms with Crippen LogP contribution >= 0.6 is 11.3 Å². The van der Waals surface area contributed by atoms with Crippen LogP contribution < -0.4 is 20.7 Å². The molecule has 13 aromatic rings. The van der Waals surface area contributed by atoms with E-state index >= 15 is 0 Å². The molecule has 0 fully saturated rings. The Morgan fingerprint density at radius 1 is 0.333 bits per heavy atom. The van der Waals surface area contributed by atoms with Crippen molar-refractivity contribution in [3.63, 3.8) is 0 Å². The molecule has 0 aliphatic carbocycles. The van der Waals surface area contributed by atoms with E-state index in [1.165, 1.54) is 79.7 Å². The molecule has 3 aromatic heterocycles. The van der Waals surface area contributed by atoms with Crippen LogP contribution in [-0.2, 0) is 0 Å². The van der Waals surface area contributed by atoms with Gasteiger partial charge in [0.1, 0.15) is 5.58 Å². The third-order valence-electron chi connectivity index (χ3n) is 13.6. The van der Waals surface area contributed by atoms with Crippen molar-refractivity contribution in [3.8, 4) is 39.1 Å². The molecule has 0 atom stereocenters. The van der Waals surface area contributed by atoms with E-state index in [-0.39, 0.29) is 0 Å². The zero-order chi connectivity index (χ0) is 43.6. The molecule has 3 heterocycles. The molecule has 0 spiro atoms. The summed E-state index contributed by atoms with van der Waals surface area (Å²) in [6.45, 7) is 0. The second kappa shape index (κ2) is 15.6. The van der Waals surface area contributed by atoms with Gasteiger partial charge in [0.05, 0.1) is 10.9 Å². The molecule has 2 nitrogen and oxygen atoms in total. The lowest BCUT2D eigenvalue weighted by Gasteiger charge is -2.34. The summed E-state index contributed by atoms with van der Waals surface area (Å²) < 4.78 is 11.6. The zero-order valence-electron chi connectivity index (χ0n) is 35.9. The summed E-state index contributed by atoms with van der Waals surface area (Å²) >= 11 is 1.85. The molecule has 0 bridgehead atoms. The molecule has 0 N–H and O–H groups in total. The van der Waals surface area contributed by atoms with Crippen molar-refractivity contribution in [2.24, 2.45) is 0 Å². The van der Waals surface area contributed by atoms with Crippen LogP contribution in [0, 0.1) is 0 Å². The lowest BCUT2D eigenvalue weighted by molar-refractivity contribution is 0.645. The van der Waals surface area contributed by atoms with Crippen molar-refractivity contribution >= 4 is 93.3 Å². The number of aromatic nitrogens is 1. The molecule has 10 aromatic carbocycles. The van der Waals surface area contributed by atoms with E-state index in [1.807, 2.05) is 11.3 Å². The summed E-state index contributed by atoms with van der Waals surface area (Å²) in [4.78, 5) is 0. The molecular formula is C62H41NOSSi. The Morgan fingerprint density at radius 3 is 1.50 bits per heavy atom. The normalized spacial score (nSPS) is 11.9. The van der Waals surface area contributed by atoms with Gasteiger partial charge in [0, 0.05) is 36.6 Å². The van der Waals surface area contributed by atoms with Crippen LogP contribution in [0.3, 0.4) is 0 Å². The summed E-state index contributed by atoms with van der Waals surface area (Å²) in [5, 5.41) is 11.5. The van der Waals surface area contributed by atoms with Crippen LogP contribution in [0.15, 0.2) is 253 Å². The first-order valence-corrected chi connectivity index (χ1v) is 25.4. The highest BCUT2D eigenvalue weighted by atomic mass is 32.1. The topological polar surface area (TPSA) is 18.1 Å². The van der Waals surface area contributed by atoms with Crippen LogP contribution in [0.2, 0.25) is 0 Å². The van der Waals surface area contributed by atoms with Gasteiger partial charge in [0.2, 0.25) is 5.71 Å². The second-order valence-electron chi connectivity index (χ2n) is 17.2. The first-order chi connectivity index (χ1) is 32.7. The Labute approximate surface area is 387 Å². The van der Waals surface area contributed by atoms with Crippen molar-refractivity contribution in [1.82, 2.24) is 4.57 Å². The molecule has 13 rings (SSSR count). The highest BCUT2D eigenvalue weighted by molar-refractivity contribution is 7.25. The molecule has 0 saturated carbocycles. The lowest BCUT2D eigenvalue weighted by Crippen LogP contribution is -2.74. The van der Waals surface area contributed by atoms with E-state index in [1.54, 1.807) is 0 Å². The van der Waals surface area contributed by atoms with Crippen LogP contribution in [0.1, 0.15) is 0 Å². The van der Waals surface area contributed by atoms with Gasteiger partial charge in [-0.2, -0.15) is 0 Å². The van der Waals surface area contributed by atoms with Crippen molar-refractivity contribution in [3.05, 3.63) is 249 Å². The summed E-state index contributed by atoms with van der Waals surface area (Å²) in [5.74, 6) is 0. The molecule has 0 aliphatic heterocycles. The third-order valence-corrected chi connectivity index (χ3v) is 19.5. The smallest absolute Gasteiger partial charge is 0.213 e. The quantitative estimate of drug-likeness (QED) is 0.110. The van der Waals surface area contributed by atoms with Gasteiger partial charge in [-0.25, -0.2) is 0 Å². The minimum Gasteiger partial charge on any atom is -0.439 e. The van der Waals surface area contributed by atoms with E-state index < -0.39 is 8.07 Å². The molecule has 0 aliphatic rings. The summed E-state index contributed by atoms with van der Waals surface area (Å²) in [6, 6.07) is 91.6. The standard InChI is InChI=1S/C62H41NOSSi/c1-5-17-42(18-6-1)46-31-34-58-56(40-46)61-53-29-13-14-30-57(53)63(62(61)64-58)48-33-36-60-55(41-48)54-39-47(32-35-59(54)65-60)44-20-15-19-43(37-44)45-21-16-28-52(38-45)66(49-22-7-2-8-23-49,50-24-9-3-10-25-50)51-26-11-4-12-27-51/h1-41H. The van der Waals surface area contributed by atoms with E-state index in [0.29, 0.717) is 0 Å². The first-order valence-electron chi connectivity index (χ1n) is 22.6. The number of benzene rings is 10. The number of furan rings is 1. The average molecular weight is 876 g/mol. The van der Waals surface area contributed by atoms with Gasteiger partial charge in [-0.3, -0.25) is 4.57 Å². The Kier molecular flexibility index (Phi) is 9.09. The number of para-hydroxylation sites is 1. The van der Waals surface area contributed by atoms with Gasteiger partial charge < -0.3 is 4.42 Å². The van der Waals surface area contributed by atoms with Gasteiger partial charge >= 0.3 is 0 Å². The number of hydrogen-bond donors (Lipinski definition) is 0. The SMILES string of the molecule is c1ccc(-c2ccc3oc4c(c3c2)c2ccccc2n4-c2ccc3sc4ccc(-c5cccc(-c6cccc([Si](c7ccccc7)(c7ccccc7)c7ccccc7)c6)c5)cc4c3c2)cc1. The van der Waals surface area contributed by atoms with E-state index in [9.17, 15) is 0 Å². The van der Waals surface area contributed by atoms with E-state index in [4.69, 9.17) is 4.42 Å². The number of thiophene rings is 1.